The van der Waals surface area contributed by atoms with Crippen LogP contribution in [0.15, 0.2) is 4.99 Å². The van der Waals surface area contributed by atoms with Gasteiger partial charge in [0.25, 0.3) is 0 Å². The summed E-state index contributed by atoms with van der Waals surface area (Å²) in [4.78, 5) is 7.11. The summed E-state index contributed by atoms with van der Waals surface area (Å²) in [5.41, 5.74) is 0. The number of nitrogens with one attached hydrogen (secondary N) is 2. The Morgan fingerprint density at radius 2 is 1.91 bits per heavy atom. The number of piperidine rings is 1. The average molecular weight is 314 g/mol. The first-order chi connectivity index (χ1) is 10.9. The van der Waals surface area contributed by atoms with E-state index in [2.05, 4.69) is 27.4 Å². The highest BCUT2D eigenvalue weighted by molar-refractivity contribution is 5.79. The number of methoxy groups -OCH3 is 1. The van der Waals surface area contributed by atoms with Crippen molar-refractivity contribution in [3.63, 3.8) is 0 Å². The molecule has 0 aliphatic carbocycles. The third-order valence-electron chi connectivity index (χ3n) is 3.66. The summed E-state index contributed by atoms with van der Waals surface area (Å²) in [6, 6.07) is 0. The van der Waals surface area contributed by atoms with E-state index >= 15 is 0 Å². The molecule has 22 heavy (non-hydrogen) atoms. The first-order valence-corrected chi connectivity index (χ1v) is 8.68. The maximum Gasteiger partial charge on any atom is 0.191 e. The summed E-state index contributed by atoms with van der Waals surface area (Å²) < 4.78 is 10.4. The molecule has 0 spiro atoms. The SMILES string of the molecule is CCNC(=NCCCOCCOC)NCCN1CCCCC1. The van der Waals surface area contributed by atoms with Gasteiger partial charge in [-0.05, 0) is 39.3 Å². The molecule has 1 rings (SSSR count). The molecule has 130 valence electrons. The van der Waals surface area contributed by atoms with Crippen LogP contribution in [0, 0.1) is 0 Å². The van der Waals surface area contributed by atoms with Crippen LogP contribution in [0.4, 0.5) is 0 Å². The Morgan fingerprint density at radius 3 is 2.64 bits per heavy atom. The van der Waals surface area contributed by atoms with Crippen molar-refractivity contribution in [2.24, 2.45) is 4.99 Å². The lowest BCUT2D eigenvalue weighted by atomic mass is 10.1. The minimum Gasteiger partial charge on any atom is -0.382 e. The van der Waals surface area contributed by atoms with Crippen molar-refractivity contribution in [1.29, 1.82) is 0 Å². The molecule has 0 saturated carbocycles. The van der Waals surface area contributed by atoms with E-state index in [4.69, 9.17) is 9.47 Å². The highest BCUT2D eigenvalue weighted by Crippen LogP contribution is 2.07. The molecule has 1 heterocycles. The molecule has 0 atom stereocenters. The molecule has 1 aliphatic heterocycles. The molecule has 0 aromatic heterocycles. The van der Waals surface area contributed by atoms with Crippen molar-refractivity contribution in [3.8, 4) is 0 Å². The van der Waals surface area contributed by atoms with Crippen LogP contribution in [0.2, 0.25) is 0 Å². The third-order valence-corrected chi connectivity index (χ3v) is 3.66. The number of hydrogen-bond acceptors (Lipinski definition) is 4. The van der Waals surface area contributed by atoms with Crippen LogP contribution >= 0.6 is 0 Å². The third kappa shape index (κ3) is 9.97. The zero-order valence-corrected chi connectivity index (χ0v) is 14.4. The molecule has 0 aromatic rings. The molecular formula is C16H34N4O2. The van der Waals surface area contributed by atoms with Crippen LogP contribution in [-0.2, 0) is 9.47 Å². The predicted molar refractivity (Wildman–Crippen MR) is 91.6 cm³/mol. The van der Waals surface area contributed by atoms with Gasteiger partial charge in [-0.25, -0.2) is 0 Å². The minimum atomic E-state index is 0.657. The molecule has 6 nitrogen and oxygen atoms in total. The fourth-order valence-electron chi connectivity index (χ4n) is 2.46. The number of hydrogen-bond donors (Lipinski definition) is 2. The first-order valence-electron chi connectivity index (χ1n) is 8.68. The molecule has 1 aliphatic rings. The van der Waals surface area contributed by atoms with E-state index in [-0.39, 0.29) is 0 Å². The van der Waals surface area contributed by atoms with Crippen LogP contribution in [0.1, 0.15) is 32.6 Å². The second-order valence-electron chi connectivity index (χ2n) is 5.55. The zero-order valence-electron chi connectivity index (χ0n) is 14.4. The highest BCUT2D eigenvalue weighted by Gasteiger charge is 2.09. The van der Waals surface area contributed by atoms with Gasteiger partial charge in [-0.2, -0.15) is 0 Å². The second-order valence-corrected chi connectivity index (χ2v) is 5.55. The standard InChI is InChI=1S/C16H34N4O2/c1-3-17-16(18-8-7-13-22-15-14-21-2)19-9-12-20-10-5-4-6-11-20/h3-15H2,1-2H3,(H2,17,18,19). The summed E-state index contributed by atoms with van der Waals surface area (Å²) in [5, 5.41) is 6.71. The van der Waals surface area contributed by atoms with Crippen molar-refractivity contribution in [2.45, 2.75) is 32.6 Å². The minimum absolute atomic E-state index is 0.657. The molecule has 2 N–H and O–H groups in total. The van der Waals surface area contributed by atoms with E-state index in [1.54, 1.807) is 7.11 Å². The molecular weight excluding hydrogens is 280 g/mol. The van der Waals surface area contributed by atoms with Crippen LogP contribution in [0.3, 0.4) is 0 Å². The molecule has 1 saturated heterocycles. The van der Waals surface area contributed by atoms with Crippen molar-refractivity contribution < 1.29 is 9.47 Å². The van der Waals surface area contributed by atoms with Gasteiger partial charge in [-0.1, -0.05) is 6.42 Å². The fourth-order valence-corrected chi connectivity index (χ4v) is 2.46. The molecule has 6 heteroatoms. The normalized spacial score (nSPS) is 16.7. The molecule has 0 aromatic carbocycles. The first kappa shape index (κ1) is 19.2. The number of guanidine groups is 1. The predicted octanol–water partition coefficient (Wildman–Crippen LogP) is 1.08. The van der Waals surface area contributed by atoms with Gasteiger partial charge >= 0.3 is 0 Å². The number of ether oxygens (including phenoxy) is 2. The molecule has 1 fully saturated rings. The van der Waals surface area contributed by atoms with Gasteiger partial charge in [0.05, 0.1) is 13.2 Å². The van der Waals surface area contributed by atoms with Gasteiger partial charge in [0.2, 0.25) is 0 Å². The summed E-state index contributed by atoms with van der Waals surface area (Å²) in [5.74, 6) is 0.913. The van der Waals surface area contributed by atoms with E-state index in [0.29, 0.717) is 13.2 Å². The second kappa shape index (κ2) is 13.8. The smallest absolute Gasteiger partial charge is 0.191 e. The number of rotatable bonds is 11. The lowest BCUT2D eigenvalue weighted by molar-refractivity contribution is 0.0702. The summed E-state index contributed by atoms with van der Waals surface area (Å²) in [7, 11) is 1.69. The largest absolute Gasteiger partial charge is 0.382 e. The van der Waals surface area contributed by atoms with Gasteiger partial charge < -0.3 is 25.0 Å². The topological polar surface area (TPSA) is 58.1 Å². The Balaban J connectivity index is 2.09. The number of likely N-dealkylation sites (tertiary alicyclic amines) is 1. The number of aliphatic imine (C=N–C) groups is 1. The summed E-state index contributed by atoms with van der Waals surface area (Å²) in [6.45, 7) is 10.4. The molecule has 0 unspecified atom stereocenters. The van der Waals surface area contributed by atoms with Crippen LogP contribution in [0.5, 0.6) is 0 Å². The maximum atomic E-state index is 5.43. The van der Waals surface area contributed by atoms with Gasteiger partial charge in [-0.15, -0.1) is 0 Å². The van der Waals surface area contributed by atoms with E-state index in [1.165, 1.54) is 32.4 Å². The van der Waals surface area contributed by atoms with Crippen molar-refractivity contribution in [1.82, 2.24) is 15.5 Å². The summed E-state index contributed by atoms with van der Waals surface area (Å²) >= 11 is 0. The van der Waals surface area contributed by atoms with E-state index < -0.39 is 0 Å². The maximum absolute atomic E-state index is 5.43. The van der Waals surface area contributed by atoms with Crippen molar-refractivity contribution >= 4 is 5.96 Å². The molecule has 0 amide bonds. The Hall–Kier alpha value is -0.850. The lowest BCUT2D eigenvalue weighted by Crippen LogP contribution is -2.42. The Bertz CT molecular complexity index is 281. The van der Waals surface area contributed by atoms with Crippen LogP contribution in [-0.4, -0.2) is 77.1 Å². The highest BCUT2D eigenvalue weighted by atomic mass is 16.5. The summed E-state index contributed by atoms with van der Waals surface area (Å²) in [6.07, 6.45) is 5.02. The fraction of sp³-hybridized carbons (Fsp3) is 0.938. The quantitative estimate of drug-likeness (QED) is 0.339. The Labute approximate surface area is 135 Å². The Morgan fingerprint density at radius 1 is 1.09 bits per heavy atom. The van der Waals surface area contributed by atoms with E-state index in [9.17, 15) is 0 Å². The van der Waals surface area contributed by atoms with Crippen molar-refractivity contribution in [2.75, 3.05) is 66.2 Å². The monoisotopic (exact) mass is 314 g/mol. The van der Waals surface area contributed by atoms with E-state index in [1.807, 2.05) is 0 Å². The lowest BCUT2D eigenvalue weighted by Gasteiger charge is -2.26. The zero-order chi connectivity index (χ0) is 15.9. The molecule has 0 radical (unpaired) electrons. The average Bonchev–Trinajstić information content (AvgIpc) is 2.55. The Kier molecular flexibility index (Phi) is 12.0. The van der Waals surface area contributed by atoms with Gasteiger partial charge in [0.15, 0.2) is 5.96 Å². The van der Waals surface area contributed by atoms with E-state index in [0.717, 1.165) is 45.2 Å². The number of nitrogens with zero attached hydrogens (tertiary/aromatic N) is 2. The van der Waals surface area contributed by atoms with Gasteiger partial charge in [0, 0.05) is 39.9 Å². The van der Waals surface area contributed by atoms with Gasteiger partial charge in [0.1, 0.15) is 0 Å². The van der Waals surface area contributed by atoms with Crippen molar-refractivity contribution in [3.05, 3.63) is 0 Å². The molecule has 0 bridgehead atoms. The van der Waals surface area contributed by atoms with Crippen LogP contribution in [0.25, 0.3) is 0 Å². The van der Waals surface area contributed by atoms with Gasteiger partial charge in [-0.3, -0.25) is 4.99 Å². The van der Waals surface area contributed by atoms with Crippen LogP contribution < -0.4 is 10.6 Å².